The molecule has 1 unspecified atom stereocenters. The van der Waals surface area contributed by atoms with Gasteiger partial charge in [0.2, 0.25) is 5.82 Å². The molecule has 7 heteroatoms. The first-order valence-corrected chi connectivity index (χ1v) is 6.65. The van der Waals surface area contributed by atoms with E-state index in [1.165, 1.54) is 17.4 Å². The van der Waals surface area contributed by atoms with Crippen LogP contribution in [0.25, 0.3) is 0 Å². The molecular weight excluding hydrogens is 283 g/mol. The van der Waals surface area contributed by atoms with Gasteiger partial charge in [0.25, 0.3) is 5.91 Å². The quantitative estimate of drug-likeness (QED) is 0.694. The van der Waals surface area contributed by atoms with Gasteiger partial charge in [-0.2, -0.15) is 4.39 Å². The summed E-state index contributed by atoms with van der Waals surface area (Å²) >= 11 is 1.50. The van der Waals surface area contributed by atoms with Crippen LogP contribution in [0.15, 0.2) is 35.7 Å². The minimum Gasteiger partial charge on any atom is -0.345 e. The van der Waals surface area contributed by atoms with E-state index in [9.17, 15) is 19.3 Å². The Morgan fingerprint density at radius 2 is 2.20 bits per heavy atom. The second-order valence-electron chi connectivity index (χ2n) is 4.13. The second-order valence-corrected chi connectivity index (χ2v) is 5.11. The minimum atomic E-state index is -1.02. The van der Waals surface area contributed by atoms with Crippen LogP contribution in [0.2, 0.25) is 0 Å². The van der Waals surface area contributed by atoms with Crippen LogP contribution in [0.4, 0.5) is 10.1 Å². The molecule has 1 N–H and O–H groups in total. The third-order valence-corrected chi connectivity index (χ3v) is 3.78. The molecule has 5 nitrogen and oxygen atoms in total. The first-order chi connectivity index (χ1) is 9.49. The molecule has 0 aliphatic carbocycles. The fraction of sp³-hybridized carbons (Fsp3) is 0.154. The Hall–Kier alpha value is -2.28. The normalized spacial score (nSPS) is 11.9. The summed E-state index contributed by atoms with van der Waals surface area (Å²) in [4.78, 5) is 22.6. The molecule has 2 rings (SSSR count). The summed E-state index contributed by atoms with van der Waals surface area (Å²) in [6.45, 7) is 1.81. The summed E-state index contributed by atoms with van der Waals surface area (Å²) in [6, 6.07) is 6.63. The highest BCUT2D eigenvalue weighted by Crippen LogP contribution is 2.20. The molecule has 0 aliphatic heterocycles. The molecule has 0 aliphatic rings. The maximum absolute atomic E-state index is 13.5. The molecule has 104 valence electrons. The van der Waals surface area contributed by atoms with Gasteiger partial charge in [-0.25, -0.2) is 0 Å². The Morgan fingerprint density at radius 3 is 2.75 bits per heavy atom. The van der Waals surface area contributed by atoms with Crippen molar-refractivity contribution < 1.29 is 14.1 Å². The van der Waals surface area contributed by atoms with Crippen molar-refractivity contribution in [3.05, 3.63) is 62.1 Å². The number of carbonyl (C=O) groups excluding carboxylic acids is 1. The van der Waals surface area contributed by atoms with Gasteiger partial charge in [0.1, 0.15) is 0 Å². The molecule has 1 atom stereocenters. The molecule has 0 spiro atoms. The van der Waals surface area contributed by atoms with Gasteiger partial charge in [-0.3, -0.25) is 14.9 Å². The molecule has 1 amide bonds. The van der Waals surface area contributed by atoms with Gasteiger partial charge in [0.15, 0.2) is 0 Å². The zero-order valence-corrected chi connectivity index (χ0v) is 11.3. The molecule has 0 bridgehead atoms. The number of nitrogens with zero attached hydrogens (tertiary/aromatic N) is 1. The van der Waals surface area contributed by atoms with Crippen molar-refractivity contribution >= 4 is 22.9 Å². The second kappa shape index (κ2) is 5.79. The topological polar surface area (TPSA) is 72.2 Å². The highest BCUT2D eigenvalue weighted by Gasteiger charge is 2.18. The number of benzene rings is 1. The number of thiophene rings is 1. The number of hydrogen-bond acceptors (Lipinski definition) is 4. The molecule has 0 saturated carbocycles. The first kappa shape index (κ1) is 14.1. The summed E-state index contributed by atoms with van der Waals surface area (Å²) in [5.41, 5.74) is -0.593. The monoisotopic (exact) mass is 294 g/mol. The van der Waals surface area contributed by atoms with E-state index in [0.717, 1.165) is 17.0 Å². The lowest BCUT2D eigenvalue weighted by atomic mass is 10.1. The fourth-order valence-electron chi connectivity index (χ4n) is 1.68. The highest BCUT2D eigenvalue weighted by molar-refractivity contribution is 7.10. The molecule has 0 saturated heterocycles. The summed E-state index contributed by atoms with van der Waals surface area (Å²) in [5, 5.41) is 15.1. The van der Waals surface area contributed by atoms with Crippen LogP contribution in [0.1, 0.15) is 28.2 Å². The Balaban J connectivity index is 2.14. The molecule has 0 radical (unpaired) electrons. The van der Waals surface area contributed by atoms with Crippen molar-refractivity contribution in [2.45, 2.75) is 13.0 Å². The fourth-order valence-corrected chi connectivity index (χ4v) is 2.42. The van der Waals surface area contributed by atoms with Crippen LogP contribution in [-0.2, 0) is 0 Å². The van der Waals surface area contributed by atoms with E-state index < -0.39 is 22.3 Å². The number of nitro benzene ring substituents is 1. The molecule has 1 aromatic carbocycles. The van der Waals surface area contributed by atoms with Crippen molar-refractivity contribution in [1.29, 1.82) is 0 Å². The summed E-state index contributed by atoms with van der Waals surface area (Å²) < 4.78 is 13.5. The van der Waals surface area contributed by atoms with Gasteiger partial charge in [-0.05, 0) is 30.5 Å². The highest BCUT2D eigenvalue weighted by atomic mass is 32.1. The third-order valence-electron chi connectivity index (χ3n) is 2.72. The standard InChI is InChI=1S/C13H11FN2O3S/c1-8(12-3-2-6-20-12)15-13(17)9-4-5-11(16(18)19)10(14)7-9/h2-8H,1H3,(H,15,17). The average Bonchev–Trinajstić information content (AvgIpc) is 2.91. The Morgan fingerprint density at radius 1 is 1.45 bits per heavy atom. The maximum Gasteiger partial charge on any atom is 0.304 e. The van der Waals surface area contributed by atoms with Gasteiger partial charge < -0.3 is 5.32 Å². The Kier molecular flexibility index (Phi) is 4.09. The molecule has 1 aromatic heterocycles. The number of hydrogen-bond donors (Lipinski definition) is 1. The summed E-state index contributed by atoms with van der Waals surface area (Å²) in [7, 11) is 0. The van der Waals surface area contributed by atoms with Crippen LogP contribution < -0.4 is 5.32 Å². The maximum atomic E-state index is 13.5. The molecule has 0 fully saturated rings. The van der Waals surface area contributed by atoms with Crippen molar-refractivity contribution in [3.63, 3.8) is 0 Å². The van der Waals surface area contributed by atoms with Crippen molar-refractivity contribution in [1.82, 2.24) is 5.32 Å². The van der Waals surface area contributed by atoms with E-state index in [4.69, 9.17) is 0 Å². The Bertz CT molecular complexity index is 643. The van der Waals surface area contributed by atoms with E-state index in [2.05, 4.69) is 5.32 Å². The number of halogens is 1. The van der Waals surface area contributed by atoms with Crippen LogP contribution in [0.3, 0.4) is 0 Å². The zero-order valence-electron chi connectivity index (χ0n) is 10.5. The van der Waals surface area contributed by atoms with E-state index in [1.54, 1.807) is 0 Å². The lowest BCUT2D eigenvalue weighted by Crippen LogP contribution is -2.26. The lowest BCUT2D eigenvalue weighted by Gasteiger charge is -2.12. The first-order valence-electron chi connectivity index (χ1n) is 5.77. The number of rotatable bonds is 4. The van der Waals surface area contributed by atoms with Crippen molar-refractivity contribution in [2.24, 2.45) is 0 Å². The molecule has 1 heterocycles. The predicted molar refractivity (Wildman–Crippen MR) is 73.3 cm³/mol. The van der Waals surface area contributed by atoms with Crippen molar-refractivity contribution in [2.75, 3.05) is 0 Å². The van der Waals surface area contributed by atoms with Gasteiger partial charge in [-0.1, -0.05) is 6.07 Å². The summed E-state index contributed by atoms with van der Waals surface area (Å²) in [6.07, 6.45) is 0. The smallest absolute Gasteiger partial charge is 0.304 e. The van der Waals surface area contributed by atoms with Crippen LogP contribution in [0.5, 0.6) is 0 Å². The van der Waals surface area contributed by atoms with E-state index >= 15 is 0 Å². The van der Waals surface area contributed by atoms with Crippen LogP contribution in [-0.4, -0.2) is 10.8 Å². The largest absolute Gasteiger partial charge is 0.345 e. The van der Waals surface area contributed by atoms with E-state index in [1.807, 2.05) is 24.4 Å². The number of nitro groups is 1. The lowest BCUT2D eigenvalue weighted by molar-refractivity contribution is -0.387. The Labute approximate surface area is 118 Å². The van der Waals surface area contributed by atoms with E-state index in [-0.39, 0.29) is 11.6 Å². The molecule has 2 aromatic rings. The third kappa shape index (κ3) is 3.00. The van der Waals surface area contributed by atoms with Gasteiger partial charge in [-0.15, -0.1) is 11.3 Å². The van der Waals surface area contributed by atoms with Gasteiger partial charge in [0, 0.05) is 16.5 Å². The summed E-state index contributed by atoms with van der Waals surface area (Å²) in [5.74, 6) is -1.49. The average molecular weight is 294 g/mol. The van der Waals surface area contributed by atoms with Gasteiger partial charge >= 0.3 is 5.69 Å². The van der Waals surface area contributed by atoms with Crippen LogP contribution >= 0.6 is 11.3 Å². The minimum absolute atomic E-state index is 0.0523. The SMILES string of the molecule is CC(NC(=O)c1ccc([N+](=O)[O-])c(F)c1)c1cccs1. The predicted octanol–water partition coefficient (Wildman–Crippen LogP) is 3.29. The molecular formula is C13H11FN2O3S. The number of carbonyl (C=O) groups is 1. The molecule has 20 heavy (non-hydrogen) atoms. The number of amides is 1. The van der Waals surface area contributed by atoms with Crippen LogP contribution in [0, 0.1) is 15.9 Å². The van der Waals surface area contributed by atoms with Gasteiger partial charge in [0.05, 0.1) is 11.0 Å². The zero-order chi connectivity index (χ0) is 14.7. The van der Waals surface area contributed by atoms with Crippen molar-refractivity contribution in [3.8, 4) is 0 Å². The number of nitrogens with one attached hydrogen (secondary N) is 1. The van der Waals surface area contributed by atoms with E-state index in [0.29, 0.717) is 0 Å².